The van der Waals surface area contributed by atoms with E-state index in [1.54, 1.807) is 0 Å². The second-order valence-corrected chi connectivity index (χ2v) is 13.1. The number of fused-ring (bicyclic) bond motifs is 6. The molecule has 52 heavy (non-hydrogen) atoms. The van der Waals surface area contributed by atoms with E-state index < -0.39 is 0 Å². The molecule has 0 aliphatic carbocycles. The smallest absolute Gasteiger partial charge is 0.0970 e. The number of aromatic nitrogens is 3. The van der Waals surface area contributed by atoms with Gasteiger partial charge in [0.25, 0.3) is 0 Å². The first-order chi connectivity index (χ1) is 25.8. The Labute approximate surface area is 301 Å². The molecule has 0 aliphatic heterocycles. The molecule has 0 atom stereocenters. The number of rotatable bonds is 6. The molecule has 4 heteroatoms. The summed E-state index contributed by atoms with van der Waals surface area (Å²) in [6.45, 7) is 0. The average molecular weight is 665 g/mol. The van der Waals surface area contributed by atoms with Crippen LogP contribution in [0.15, 0.2) is 194 Å². The van der Waals surface area contributed by atoms with Crippen molar-refractivity contribution in [1.82, 2.24) is 14.5 Å². The molecule has 3 heterocycles. The third-order valence-corrected chi connectivity index (χ3v) is 10.1. The van der Waals surface area contributed by atoms with Crippen LogP contribution in [0, 0.1) is 0 Å². The summed E-state index contributed by atoms with van der Waals surface area (Å²) in [6.07, 6.45) is 3.72. The predicted molar refractivity (Wildman–Crippen MR) is 217 cm³/mol. The highest BCUT2D eigenvalue weighted by Crippen LogP contribution is 2.40. The summed E-state index contributed by atoms with van der Waals surface area (Å²) in [7, 11) is 0. The highest BCUT2D eigenvalue weighted by Gasteiger charge is 2.17. The number of hydrogen-bond donors (Lipinski definition) is 0. The quantitative estimate of drug-likeness (QED) is 0.166. The average Bonchev–Trinajstić information content (AvgIpc) is 3.55. The molecule has 0 amide bonds. The van der Waals surface area contributed by atoms with Crippen molar-refractivity contribution >= 4 is 60.7 Å². The molecule has 0 unspecified atom stereocenters. The van der Waals surface area contributed by atoms with Crippen LogP contribution in [-0.2, 0) is 0 Å². The summed E-state index contributed by atoms with van der Waals surface area (Å²) in [4.78, 5) is 11.6. The Morgan fingerprint density at radius 2 is 1.02 bits per heavy atom. The molecule has 0 aliphatic rings. The number of anilines is 3. The fourth-order valence-electron chi connectivity index (χ4n) is 7.63. The highest BCUT2D eigenvalue weighted by molar-refractivity contribution is 6.11. The van der Waals surface area contributed by atoms with Gasteiger partial charge in [0, 0.05) is 56.7 Å². The van der Waals surface area contributed by atoms with Crippen LogP contribution < -0.4 is 4.90 Å². The minimum Gasteiger partial charge on any atom is -0.310 e. The van der Waals surface area contributed by atoms with Crippen LogP contribution in [0.5, 0.6) is 0 Å². The molecule has 7 aromatic carbocycles. The van der Waals surface area contributed by atoms with Gasteiger partial charge in [-0.25, -0.2) is 0 Å². The minimum absolute atomic E-state index is 0.932. The molecule has 3 aromatic heterocycles. The van der Waals surface area contributed by atoms with Gasteiger partial charge in [0.15, 0.2) is 0 Å². The molecule has 0 radical (unpaired) electrons. The van der Waals surface area contributed by atoms with Gasteiger partial charge in [0.2, 0.25) is 0 Å². The van der Waals surface area contributed by atoms with Crippen molar-refractivity contribution in [1.29, 1.82) is 0 Å². The summed E-state index contributed by atoms with van der Waals surface area (Å²) >= 11 is 0. The van der Waals surface area contributed by atoms with Crippen molar-refractivity contribution in [3.63, 3.8) is 0 Å². The maximum atomic E-state index is 4.70. The first kappa shape index (κ1) is 29.8. The normalized spacial score (nSPS) is 11.5. The molecule has 10 aromatic rings. The van der Waals surface area contributed by atoms with Crippen LogP contribution in [0.25, 0.3) is 71.6 Å². The fraction of sp³-hybridized carbons (Fsp3) is 0. The van der Waals surface area contributed by atoms with Crippen LogP contribution in [0.1, 0.15) is 0 Å². The lowest BCUT2D eigenvalue weighted by Crippen LogP contribution is -2.09. The Balaban J connectivity index is 1.01. The van der Waals surface area contributed by atoms with E-state index in [-0.39, 0.29) is 0 Å². The van der Waals surface area contributed by atoms with Gasteiger partial charge in [-0.3, -0.25) is 9.97 Å². The number of benzene rings is 7. The van der Waals surface area contributed by atoms with Crippen LogP contribution in [0.4, 0.5) is 17.1 Å². The van der Waals surface area contributed by atoms with E-state index in [0.717, 1.165) is 55.7 Å². The zero-order chi connectivity index (χ0) is 34.4. The van der Waals surface area contributed by atoms with Gasteiger partial charge in [-0.05, 0) is 95.1 Å². The molecule has 0 saturated carbocycles. The van der Waals surface area contributed by atoms with E-state index in [0.29, 0.717) is 0 Å². The van der Waals surface area contributed by atoms with Crippen molar-refractivity contribution in [3.05, 3.63) is 194 Å². The topological polar surface area (TPSA) is 34.0 Å². The Hall–Kier alpha value is -7.04. The summed E-state index contributed by atoms with van der Waals surface area (Å²) in [5.41, 5.74) is 13.4. The van der Waals surface area contributed by atoms with Gasteiger partial charge in [-0.15, -0.1) is 0 Å². The Kier molecular flexibility index (Phi) is 7.10. The summed E-state index contributed by atoms with van der Waals surface area (Å²) in [6, 6.07) is 64.9. The Morgan fingerprint density at radius 3 is 1.77 bits per heavy atom. The molecule has 10 rings (SSSR count). The fourth-order valence-corrected chi connectivity index (χ4v) is 7.63. The molecule has 4 nitrogen and oxygen atoms in total. The van der Waals surface area contributed by atoms with Crippen molar-refractivity contribution < 1.29 is 0 Å². The van der Waals surface area contributed by atoms with Gasteiger partial charge in [-0.2, -0.15) is 0 Å². The number of para-hydroxylation sites is 3. The van der Waals surface area contributed by atoms with E-state index >= 15 is 0 Å². The maximum absolute atomic E-state index is 4.70. The van der Waals surface area contributed by atoms with Crippen molar-refractivity contribution in [2.24, 2.45) is 0 Å². The van der Waals surface area contributed by atoms with E-state index in [4.69, 9.17) is 4.98 Å². The maximum Gasteiger partial charge on any atom is 0.0970 e. The van der Waals surface area contributed by atoms with Gasteiger partial charge < -0.3 is 9.47 Å². The van der Waals surface area contributed by atoms with Gasteiger partial charge >= 0.3 is 0 Å². The van der Waals surface area contributed by atoms with E-state index in [2.05, 4.69) is 190 Å². The van der Waals surface area contributed by atoms with Gasteiger partial charge in [0.05, 0.1) is 22.1 Å². The molecule has 0 bridgehead atoms. The first-order valence-electron chi connectivity index (χ1n) is 17.6. The summed E-state index contributed by atoms with van der Waals surface area (Å²) in [5.74, 6) is 0. The molecule has 0 spiro atoms. The van der Waals surface area contributed by atoms with E-state index in [1.165, 1.54) is 32.9 Å². The Bertz CT molecular complexity index is 2840. The van der Waals surface area contributed by atoms with Crippen LogP contribution >= 0.6 is 0 Å². The molecule has 0 saturated heterocycles. The summed E-state index contributed by atoms with van der Waals surface area (Å²) in [5, 5.41) is 4.66. The largest absolute Gasteiger partial charge is 0.310 e. The molecule has 0 fully saturated rings. The lowest BCUT2D eigenvalue weighted by atomic mass is 9.97. The standard InChI is InChI=1S/C48H32N4/c1-3-11-37(12-4-1)51(38-13-5-2-6-14-38)40-26-28-46-44(32-40)42-15-7-8-16-45(42)52(46)39-24-21-34(22-25-39)33-17-19-35(20-18-33)41-29-31-50-48-43(41)27-23-36-10-9-30-49-47(36)48/h1-32H. The lowest BCUT2D eigenvalue weighted by molar-refractivity contribution is 1.18. The first-order valence-corrected chi connectivity index (χ1v) is 17.6. The predicted octanol–water partition coefficient (Wildman–Crippen LogP) is 12.7. The van der Waals surface area contributed by atoms with Gasteiger partial charge in [0.1, 0.15) is 0 Å². The van der Waals surface area contributed by atoms with Crippen molar-refractivity contribution in [2.45, 2.75) is 0 Å². The number of hydrogen-bond acceptors (Lipinski definition) is 3. The zero-order valence-corrected chi connectivity index (χ0v) is 28.3. The molecule has 244 valence electrons. The SMILES string of the molecule is c1ccc(N(c2ccccc2)c2ccc3c(c2)c2ccccc2n3-c2ccc(-c3ccc(-c4ccnc5c4ccc4cccnc45)cc3)cc2)cc1. The van der Waals surface area contributed by atoms with Crippen LogP contribution in [0.3, 0.4) is 0 Å². The molecule has 0 N–H and O–H groups in total. The van der Waals surface area contributed by atoms with E-state index in [9.17, 15) is 0 Å². The molecular formula is C48H32N4. The van der Waals surface area contributed by atoms with Crippen LogP contribution in [-0.4, -0.2) is 14.5 Å². The third-order valence-electron chi connectivity index (χ3n) is 10.1. The highest BCUT2D eigenvalue weighted by atomic mass is 15.1. The van der Waals surface area contributed by atoms with Crippen molar-refractivity contribution in [3.8, 4) is 27.9 Å². The minimum atomic E-state index is 0.932. The Morgan fingerprint density at radius 1 is 0.385 bits per heavy atom. The van der Waals surface area contributed by atoms with Crippen LogP contribution in [0.2, 0.25) is 0 Å². The van der Waals surface area contributed by atoms with E-state index in [1.807, 2.05) is 18.5 Å². The second kappa shape index (κ2) is 12.4. The van der Waals surface area contributed by atoms with Crippen molar-refractivity contribution in [2.75, 3.05) is 4.90 Å². The zero-order valence-electron chi connectivity index (χ0n) is 28.3. The second-order valence-electron chi connectivity index (χ2n) is 13.1. The third kappa shape index (κ3) is 5.00. The van der Waals surface area contributed by atoms with Gasteiger partial charge in [-0.1, -0.05) is 109 Å². The monoisotopic (exact) mass is 664 g/mol. The number of nitrogens with zero attached hydrogens (tertiary/aromatic N) is 4. The number of pyridine rings is 2. The molecular weight excluding hydrogens is 633 g/mol. The lowest BCUT2D eigenvalue weighted by Gasteiger charge is -2.25. The summed E-state index contributed by atoms with van der Waals surface area (Å²) < 4.78 is 2.38.